The van der Waals surface area contributed by atoms with Gasteiger partial charge in [0, 0.05) is 12.3 Å². The molecule has 3 nitrogen and oxygen atoms in total. The Morgan fingerprint density at radius 2 is 2.33 bits per heavy atom. The Bertz CT molecular complexity index is 357. The number of halogens is 2. The average molecular weight is 276 g/mol. The zero-order valence-electron chi connectivity index (χ0n) is 8.22. The summed E-state index contributed by atoms with van der Waals surface area (Å²) in [7, 11) is 0. The van der Waals surface area contributed by atoms with Gasteiger partial charge in [0.05, 0.1) is 4.47 Å². The van der Waals surface area contributed by atoms with Gasteiger partial charge in [0.25, 0.3) is 0 Å². The predicted octanol–water partition coefficient (Wildman–Crippen LogP) is 2.56. The van der Waals surface area contributed by atoms with Crippen molar-refractivity contribution in [3.05, 3.63) is 28.5 Å². The van der Waals surface area contributed by atoms with Crippen molar-refractivity contribution in [3.63, 3.8) is 0 Å². The molecule has 0 aliphatic carbocycles. The van der Waals surface area contributed by atoms with E-state index in [9.17, 15) is 9.18 Å². The van der Waals surface area contributed by atoms with Gasteiger partial charge in [-0.2, -0.15) is 0 Å². The molecule has 0 bridgehead atoms. The lowest BCUT2D eigenvalue weighted by Crippen LogP contribution is -2.18. The topological polar surface area (TPSA) is 38.3 Å². The molecule has 1 amide bonds. The first-order valence-electron chi connectivity index (χ1n) is 4.46. The summed E-state index contributed by atoms with van der Waals surface area (Å²) in [6, 6.07) is 4.27. The van der Waals surface area contributed by atoms with Gasteiger partial charge < -0.3 is 10.1 Å². The van der Waals surface area contributed by atoms with E-state index in [1.807, 2.05) is 6.92 Å². The molecule has 0 saturated heterocycles. The van der Waals surface area contributed by atoms with E-state index in [0.29, 0.717) is 16.8 Å². The first-order valence-corrected chi connectivity index (χ1v) is 5.25. The first-order chi connectivity index (χ1) is 7.13. The van der Waals surface area contributed by atoms with Gasteiger partial charge in [-0.1, -0.05) is 0 Å². The van der Waals surface area contributed by atoms with Gasteiger partial charge >= 0.3 is 0 Å². The molecule has 1 aromatic rings. The van der Waals surface area contributed by atoms with Gasteiger partial charge in [-0.05, 0) is 41.1 Å². The van der Waals surface area contributed by atoms with E-state index in [-0.39, 0.29) is 18.3 Å². The normalized spacial score (nSPS) is 10.1. The minimum absolute atomic E-state index is 0.00545. The Morgan fingerprint density at radius 3 is 2.93 bits per heavy atom. The van der Waals surface area contributed by atoms with Crippen LogP contribution in [0.1, 0.15) is 6.92 Å². The van der Waals surface area contributed by atoms with Crippen LogP contribution in [0, 0.1) is 5.82 Å². The summed E-state index contributed by atoms with van der Waals surface area (Å²) in [5.74, 6) is -0.617. The Labute approximate surface area is 95.7 Å². The van der Waals surface area contributed by atoms with Gasteiger partial charge in [-0.15, -0.1) is 0 Å². The second-order valence-corrected chi connectivity index (χ2v) is 3.67. The Balaban J connectivity index is 2.57. The van der Waals surface area contributed by atoms with Crippen LogP contribution in [0.5, 0.6) is 0 Å². The summed E-state index contributed by atoms with van der Waals surface area (Å²) in [5.41, 5.74) is 0.535. The highest BCUT2D eigenvalue weighted by molar-refractivity contribution is 9.10. The SMILES string of the molecule is CCOCC(=O)Nc1ccc(F)c(Br)c1. The highest BCUT2D eigenvalue weighted by Gasteiger charge is 2.04. The fourth-order valence-electron chi connectivity index (χ4n) is 0.966. The number of ether oxygens (including phenoxy) is 1. The summed E-state index contributed by atoms with van der Waals surface area (Å²) in [6.45, 7) is 2.30. The number of nitrogens with one attached hydrogen (secondary N) is 1. The second kappa shape index (κ2) is 5.82. The lowest BCUT2D eigenvalue weighted by atomic mass is 10.3. The summed E-state index contributed by atoms with van der Waals surface area (Å²) in [4.78, 5) is 11.2. The van der Waals surface area contributed by atoms with Crippen molar-refractivity contribution in [2.24, 2.45) is 0 Å². The van der Waals surface area contributed by atoms with E-state index in [0.717, 1.165) is 0 Å². The lowest BCUT2D eigenvalue weighted by Gasteiger charge is -2.05. The third-order valence-corrected chi connectivity index (χ3v) is 2.25. The molecule has 1 rings (SSSR count). The molecule has 1 N–H and O–H groups in total. The molecule has 0 saturated carbocycles. The largest absolute Gasteiger partial charge is 0.372 e. The van der Waals surface area contributed by atoms with Crippen LogP contribution in [0.4, 0.5) is 10.1 Å². The van der Waals surface area contributed by atoms with Crippen LogP contribution in [0.15, 0.2) is 22.7 Å². The highest BCUT2D eigenvalue weighted by Crippen LogP contribution is 2.19. The van der Waals surface area contributed by atoms with Crippen molar-refractivity contribution >= 4 is 27.5 Å². The minimum atomic E-state index is -0.363. The van der Waals surface area contributed by atoms with Gasteiger partial charge in [-0.3, -0.25) is 4.79 Å². The number of carbonyl (C=O) groups excluding carboxylic acids is 1. The summed E-state index contributed by atoms with van der Waals surface area (Å²) >= 11 is 3.03. The second-order valence-electron chi connectivity index (χ2n) is 2.81. The maximum absolute atomic E-state index is 12.9. The first kappa shape index (κ1) is 12.1. The molecule has 1 aromatic carbocycles. The van der Waals surface area contributed by atoms with Gasteiger partial charge in [0.15, 0.2) is 0 Å². The standard InChI is InChI=1S/C10H11BrFNO2/c1-2-15-6-10(14)13-7-3-4-9(12)8(11)5-7/h3-5H,2,6H2,1H3,(H,13,14). The molecular weight excluding hydrogens is 265 g/mol. The Hall–Kier alpha value is -0.940. The molecule has 5 heteroatoms. The Morgan fingerprint density at radius 1 is 1.60 bits per heavy atom. The van der Waals surface area contributed by atoms with E-state index < -0.39 is 0 Å². The zero-order chi connectivity index (χ0) is 11.3. The molecule has 82 valence electrons. The molecule has 0 aromatic heterocycles. The number of hydrogen-bond donors (Lipinski definition) is 1. The van der Waals surface area contributed by atoms with E-state index in [1.54, 1.807) is 0 Å². The molecule has 0 aliphatic heterocycles. The van der Waals surface area contributed by atoms with Crippen molar-refractivity contribution in [2.45, 2.75) is 6.92 Å². The molecular formula is C10H11BrFNO2. The molecule has 15 heavy (non-hydrogen) atoms. The highest BCUT2D eigenvalue weighted by atomic mass is 79.9. The van der Waals surface area contributed by atoms with E-state index in [4.69, 9.17) is 4.74 Å². The lowest BCUT2D eigenvalue weighted by molar-refractivity contribution is -0.120. The molecule has 0 radical (unpaired) electrons. The van der Waals surface area contributed by atoms with Crippen LogP contribution < -0.4 is 5.32 Å². The molecule has 0 atom stereocenters. The van der Waals surface area contributed by atoms with Crippen molar-refractivity contribution in [1.82, 2.24) is 0 Å². The number of hydrogen-bond acceptors (Lipinski definition) is 2. The molecule has 0 heterocycles. The van der Waals surface area contributed by atoms with Gasteiger partial charge in [0.1, 0.15) is 12.4 Å². The van der Waals surface area contributed by atoms with Gasteiger partial charge in [0.2, 0.25) is 5.91 Å². The molecule has 0 unspecified atom stereocenters. The van der Waals surface area contributed by atoms with Gasteiger partial charge in [-0.25, -0.2) is 4.39 Å². The van der Waals surface area contributed by atoms with E-state index in [2.05, 4.69) is 21.2 Å². The number of benzene rings is 1. The minimum Gasteiger partial charge on any atom is -0.372 e. The number of rotatable bonds is 4. The monoisotopic (exact) mass is 275 g/mol. The Kier molecular flexibility index (Phi) is 4.71. The van der Waals surface area contributed by atoms with Crippen LogP contribution >= 0.6 is 15.9 Å². The number of anilines is 1. The van der Waals surface area contributed by atoms with E-state index >= 15 is 0 Å². The maximum atomic E-state index is 12.9. The summed E-state index contributed by atoms with van der Waals surface area (Å²) in [6.07, 6.45) is 0. The summed E-state index contributed by atoms with van der Waals surface area (Å²) in [5, 5.41) is 2.58. The quantitative estimate of drug-likeness (QED) is 0.917. The third kappa shape index (κ3) is 3.97. The molecule has 0 fully saturated rings. The third-order valence-electron chi connectivity index (χ3n) is 1.64. The van der Waals surface area contributed by atoms with Crippen molar-refractivity contribution in [2.75, 3.05) is 18.5 Å². The molecule has 0 spiro atoms. The van der Waals surface area contributed by atoms with Crippen LogP contribution in [-0.4, -0.2) is 19.1 Å². The van der Waals surface area contributed by atoms with Crippen molar-refractivity contribution < 1.29 is 13.9 Å². The van der Waals surface area contributed by atoms with Crippen LogP contribution in [0.3, 0.4) is 0 Å². The summed E-state index contributed by atoms with van der Waals surface area (Å²) < 4.78 is 18.1. The average Bonchev–Trinajstić information content (AvgIpc) is 2.20. The van der Waals surface area contributed by atoms with Crippen LogP contribution in [0.2, 0.25) is 0 Å². The zero-order valence-corrected chi connectivity index (χ0v) is 9.80. The van der Waals surface area contributed by atoms with Crippen molar-refractivity contribution in [1.29, 1.82) is 0 Å². The van der Waals surface area contributed by atoms with Crippen LogP contribution in [-0.2, 0) is 9.53 Å². The van der Waals surface area contributed by atoms with Crippen LogP contribution in [0.25, 0.3) is 0 Å². The smallest absolute Gasteiger partial charge is 0.250 e. The fourth-order valence-corrected chi connectivity index (χ4v) is 1.34. The molecule has 0 aliphatic rings. The van der Waals surface area contributed by atoms with Crippen molar-refractivity contribution in [3.8, 4) is 0 Å². The predicted molar refractivity (Wildman–Crippen MR) is 59.2 cm³/mol. The fraction of sp³-hybridized carbons (Fsp3) is 0.300. The number of carbonyl (C=O) groups is 1. The number of amides is 1. The van der Waals surface area contributed by atoms with E-state index in [1.165, 1.54) is 18.2 Å². The maximum Gasteiger partial charge on any atom is 0.250 e.